The third kappa shape index (κ3) is 3.42. The van der Waals surface area contributed by atoms with E-state index in [9.17, 15) is 4.79 Å². The Morgan fingerprint density at radius 1 is 1.33 bits per heavy atom. The summed E-state index contributed by atoms with van der Waals surface area (Å²) in [5, 5.41) is 6.46. The molecule has 5 nitrogen and oxygen atoms in total. The summed E-state index contributed by atoms with van der Waals surface area (Å²) in [6.45, 7) is 3.44. The molecule has 1 saturated carbocycles. The van der Waals surface area contributed by atoms with Gasteiger partial charge >= 0.3 is 0 Å². The van der Waals surface area contributed by atoms with Crippen molar-refractivity contribution in [3.05, 3.63) is 28.8 Å². The van der Waals surface area contributed by atoms with Gasteiger partial charge in [-0.15, -0.1) is 0 Å². The Bertz CT molecular complexity index is 627. The molecule has 0 aromatic heterocycles. The minimum atomic E-state index is -0.0974. The van der Waals surface area contributed by atoms with Crippen LogP contribution in [0.2, 0.25) is 0 Å². The third-order valence-corrected chi connectivity index (χ3v) is 5.39. The first kappa shape index (κ1) is 15.9. The van der Waals surface area contributed by atoms with Gasteiger partial charge in [-0.2, -0.15) is 0 Å². The highest BCUT2D eigenvalue weighted by Crippen LogP contribution is 2.30. The zero-order valence-electron chi connectivity index (χ0n) is 14.4. The lowest BCUT2D eigenvalue weighted by atomic mass is 10.0. The molecule has 0 radical (unpaired) electrons. The molecule has 24 heavy (non-hydrogen) atoms. The summed E-state index contributed by atoms with van der Waals surface area (Å²) in [6.07, 6.45) is 5.87. The van der Waals surface area contributed by atoms with Gasteiger partial charge in [0.15, 0.2) is 0 Å². The van der Waals surface area contributed by atoms with Gasteiger partial charge in [0.05, 0.1) is 13.2 Å². The first-order valence-electron chi connectivity index (χ1n) is 9.17. The monoisotopic (exact) mass is 329 g/mol. The van der Waals surface area contributed by atoms with Crippen LogP contribution in [0.15, 0.2) is 12.1 Å². The van der Waals surface area contributed by atoms with E-state index in [-0.39, 0.29) is 11.9 Å². The van der Waals surface area contributed by atoms with Gasteiger partial charge in [-0.25, -0.2) is 0 Å². The molecule has 1 unspecified atom stereocenters. The number of ether oxygens (including phenoxy) is 1. The second kappa shape index (κ2) is 6.73. The molecule has 2 fully saturated rings. The van der Waals surface area contributed by atoms with E-state index in [4.69, 9.17) is 4.74 Å². The van der Waals surface area contributed by atoms with Crippen molar-refractivity contribution in [2.45, 2.75) is 50.7 Å². The second-order valence-corrected chi connectivity index (χ2v) is 7.31. The number of rotatable bonds is 5. The lowest BCUT2D eigenvalue weighted by Gasteiger charge is -2.33. The van der Waals surface area contributed by atoms with Crippen LogP contribution in [0.1, 0.15) is 36.0 Å². The number of nitrogens with one attached hydrogen (secondary N) is 2. The lowest BCUT2D eigenvalue weighted by molar-refractivity contribution is -0.124. The fraction of sp³-hybridized carbons (Fsp3) is 0.632. The molecule has 1 aliphatic heterocycles. The van der Waals surface area contributed by atoms with E-state index in [1.54, 1.807) is 7.11 Å². The Labute approximate surface area is 143 Å². The van der Waals surface area contributed by atoms with Crippen LogP contribution in [0.25, 0.3) is 0 Å². The molecule has 4 rings (SSSR count). The number of fused-ring (bicyclic) bond motifs is 1. The largest absolute Gasteiger partial charge is 0.496 e. The Kier molecular flexibility index (Phi) is 4.46. The quantitative estimate of drug-likeness (QED) is 0.853. The number of hydrogen-bond donors (Lipinski definition) is 2. The fourth-order valence-electron chi connectivity index (χ4n) is 3.87. The zero-order chi connectivity index (χ0) is 16.5. The molecular formula is C19H27N3O2. The van der Waals surface area contributed by atoms with Crippen molar-refractivity contribution < 1.29 is 9.53 Å². The predicted octanol–water partition coefficient (Wildman–Crippen LogP) is 1.24. The topological polar surface area (TPSA) is 53.6 Å². The number of benzene rings is 1. The summed E-state index contributed by atoms with van der Waals surface area (Å²) in [4.78, 5) is 14.7. The molecule has 1 amide bonds. The zero-order valence-corrected chi connectivity index (χ0v) is 14.4. The maximum absolute atomic E-state index is 12.3. The predicted molar refractivity (Wildman–Crippen MR) is 93.3 cm³/mol. The summed E-state index contributed by atoms with van der Waals surface area (Å²) >= 11 is 0. The molecule has 2 aliphatic carbocycles. The Morgan fingerprint density at radius 3 is 2.88 bits per heavy atom. The summed E-state index contributed by atoms with van der Waals surface area (Å²) in [7, 11) is 1.75. The number of carbonyl (C=O) groups excluding carboxylic acids is 1. The molecule has 1 aromatic rings. The number of aryl methyl sites for hydroxylation is 2. The highest BCUT2D eigenvalue weighted by atomic mass is 16.5. The number of methoxy groups -OCH3 is 1. The maximum Gasteiger partial charge on any atom is 0.238 e. The van der Waals surface area contributed by atoms with Crippen LogP contribution in [0.3, 0.4) is 0 Å². The van der Waals surface area contributed by atoms with Gasteiger partial charge in [0.2, 0.25) is 5.91 Å². The van der Waals surface area contributed by atoms with E-state index in [1.807, 2.05) is 0 Å². The van der Waals surface area contributed by atoms with Crippen molar-refractivity contribution in [2.75, 3.05) is 26.7 Å². The summed E-state index contributed by atoms with van der Waals surface area (Å²) in [6, 6.07) is 4.87. The lowest BCUT2D eigenvalue weighted by Crippen LogP contribution is -2.57. The molecule has 130 valence electrons. The van der Waals surface area contributed by atoms with Crippen molar-refractivity contribution >= 4 is 5.91 Å². The standard InChI is InChI=1S/C19H27N3O2/c1-24-18-10-14-4-2-3-13(14)9-15(18)11-22-8-7-20-17(12-22)19(23)21-16-5-6-16/h9-10,16-17,20H,2-8,11-12H2,1H3,(H,21,23). The smallest absolute Gasteiger partial charge is 0.238 e. The Hall–Kier alpha value is -1.59. The van der Waals surface area contributed by atoms with Crippen molar-refractivity contribution in [2.24, 2.45) is 0 Å². The average Bonchev–Trinajstić information content (AvgIpc) is 3.29. The minimum absolute atomic E-state index is 0.0974. The summed E-state index contributed by atoms with van der Waals surface area (Å²) in [5.74, 6) is 1.15. The maximum atomic E-state index is 12.3. The van der Waals surface area contributed by atoms with Crippen LogP contribution < -0.4 is 15.4 Å². The molecule has 2 N–H and O–H groups in total. The summed E-state index contributed by atoms with van der Waals surface area (Å²) < 4.78 is 5.63. The second-order valence-electron chi connectivity index (χ2n) is 7.31. The first-order valence-corrected chi connectivity index (χ1v) is 9.17. The van der Waals surface area contributed by atoms with Crippen LogP contribution in [0.5, 0.6) is 5.75 Å². The van der Waals surface area contributed by atoms with E-state index in [1.165, 1.54) is 36.0 Å². The van der Waals surface area contributed by atoms with Gasteiger partial charge in [-0.05, 0) is 49.3 Å². The fourth-order valence-corrected chi connectivity index (χ4v) is 3.87. The van der Waals surface area contributed by atoms with Crippen molar-refractivity contribution in [3.8, 4) is 5.75 Å². The van der Waals surface area contributed by atoms with Gasteiger partial charge in [0.25, 0.3) is 0 Å². The highest BCUT2D eigenvalue weighted by Gasteiger charge is 2.30. The number of hydrogen-bond acceptors (Lipinski definition) is 4. The minimum Gasteiger partial charge on any atom is -0.496 e. The average molecular weight is 329 g/mol. The van der Waals surface area contributed by atoms with Crippen molar-refractivity contribution in [1.29, 1.82) is 0 Å². The molecule has 1 heterocycles. The third-order valence-electron chi connectivity index (χ3n) is 5.39. The molecule has 0 bridgehead atoms. The number of nitrogens with zero attached hydrogens (tertiary/aromatic N) is 1. The van der Waals surface area contributed by atoms with Gasteiger partial charge < -0.3 is 15.4 Å². The van der Waals surface area contributed by atoms with Gasteiger partial charge in [0, 0.05) is 37.8 Å². The van der Waals surface area contributed by atoms with E-state index in [2.05, 4.69) is 27.7 Å². The van der Waals surface area contributed by atoms with Gasteiger partial charge in [0.1, 0.15) is 5.75 Å². The molecule has 1 atom stereocenters. The van der Waals surface area contributed by atoms with Crippen LogP contribution in [-0.4, -0.2) is 49.6 Å². The highest BCUT2D eigenvalue weighted by molar-refractivity contribution is 5.82. The summed E-state index contributed by atoms with van der Waals surface area (Å²) in [5.41, 5.74) is 4.17. The van der Waals surface area contributed by atoms with Crippen LogP contribution in [0.4, 0.5) is 0 Å². The molecular weight excluding hydrogens is 302 g/mol. The Balaban J connectivity index is 1.43. The van der Waals surface area contributed by atoms with E-state index >= 15 is 0 Å². The van der Waals surface area contributed by atoms with E-state index < -0.39 is 0 Å². The SMILES string of the molecule is COc1cc2c(cc1CN1CCNC(C(=O)NC3CC3)C1)CCC2. The molecule has 5 heteroatoms. The van der Waals surface area contributed by atoms with E-state index in [0.29, 0.717) is 6.04 Å². The number of piperazine rings is 1. The van der Waals surface area contributed by atoms with Crippen molar-refractivity contribution in [1.82, 2.24) is 15.5 Å². The van der Waals surface area contributed by atoms with Crippen LogP contribution >= 0.6 is 0 Å². The number of amides is 1. The van der Waals surface area contributed by atoms with Crippen LogP contribution in [0, 0.1) is 0 Å². The van der Waals surface area contributed by atoms with Gasteiger partial charge in [-0.1, -0.05) is 6.07 Å². The Morgan fingerprint density at radius 2 is 2.12 bits per heavy atom. The molecule has 1 saturated heterocycles. The van der Waals surface area contributed by atoms with Crippen LogP contribution in [-0.2, 0) is 24.2 Å². The van der Waals surface area contributed by atoms with Crippen molar-refractivity contribution in [3.63, 3.8) is 0 Å². The molecule has 1 aromatic carbocycles. The molecule has 3 aliphatic rings. The molecule has 0 spiro atoms. The van der Waals surface area contributed by atoms with E-state index in [0.717, 1.165) is 44.8 Å². The normalized spacial score (nSPS) is 23.8. The first-order chi connectivity index (χ1) is 11.7. The number of carbonyl (C=O) groups is 1. The van der Waals surface area contributed by atoms with Gasteiger partial charge in [-0.3, -0.25) is 9.69 Å².